The molecular formula is C18H13NO. The highest BCUT2D eigenvalue weighted by atomic mass is 16.3. The topological polar surface area (TPSA) is 26.0 Å². The van der Waals surface area contributed by atoms with Crippen LogP contribution in [0.1, 0.15) is 5.56 Å². The predicted octanol–water partition coefficient (Wildman–Crippen LogP) is 4.96. The Morgan fingerprint density at radius 3 is 2.60 bits per heavy atom. The van der Waals surface area contributed by atoms with Gasteiger partial charge in [-0.2, -0.15) is 0 Å². The van der Waals surface area contributed by atoms with Crippen LogP contribution in [0.25, 0.3) is 33.1 Å². The fourth-order valence-corrected chi connectivity index (χ4v) is 2.60. The quantitative estimate of drug-likeness (QED) is 0.483. The number of furan rings is 1. The summed E-state index contributed by atoms with van der Waals surface area (Å²) in [5, 5.41) is 2.18. The molecule has 20 heavy (non-hydrogen) atoms. The summed E-state index contributed by atoms with van der Waals surface area (Å²) in [4.78, 5) is 4.19. The van der Waals surface area contributed by atoms with Gasteiger partial charge in [-0.25, -0.2) is 0 Å². The maximum atomic E-state index is 6.03. The van der Waals surface area contributed by atoms with Crippen molar-refractivity contribution in [2.24, 2.45) is 0 Å². The molecule has 2 heteroatoms. The number of aryl methyl sites for hydroxylation is 1. The van der Waals surface area contributed by atoms with Crippen LogP contribution in [0.4, 0.5) is 0 Å². The summed E-state index contributed by atoms with van der Waals surface area (Å²) in [7, 11) is 0. The lowest BCUT2D eigenvalue weighted by Crippen LogP contribution is -1.79. The van der Waals surface area contributed by atoms with Crippen molar-refractivity contribution >= 4 is 21.9 Å². The van der Waals surface area contributed by atoms with Crippen LogP contribution in [0.2, 0.25) is 0 Å². The lowest BCUT2D eigenvalue weighted by atomic mass is 10.0. The highest BCUT2D eigenvalue weighted by molar-refractivity contribution is 6.09. The normalized spacial score (nSPS) is 11.2. The van der Waals surface area contributed by atoms with Gasteiger partial charge in [0.2, 0.25) is 0 Å². The Hall–Kier alpha value is -2.61. The lowest BCUT2D eigenvalue weighted by Gasteiger charge is -2.03. The Kier molecular flexibility index (Phi) is 2.36. The van der Waals surface area contributed by atoms with E-state index in [4.69, 9.17) is 4.42 Å². The average Bonchev–Trinajstić information content (AvgIpc) is 2.87. The summed E-state index contributed by atoms with van der Waals surface area (Å²) in [5.41, 5.74) is 5.37. The van der Waals surface area contributed by atoms with Crippen LogP contribution < -0.4 is 0 Å². The molecule has 0 fully saturated rings. The number of hydrogen-bond donors (Lipinski definition) is 0. The molecule has 0 aliphatic rings. The van der Waals surface area contributed by atoms with E-state index in [1.807, 2.05) is 12.3 Å². The van der Waals surface area contributed by atoms with Gasteiger partial charge in [0.25, 0.3) is 0 Å². The van der Waals surface area contributed by atoms with Gasteiger partial charge in [-0.05, 0) is 18.6 Å². The molecule has 0 aliphatic heterocycles. The van der Waals surface area contributed by atoms with Gasteiger partial charge in [0.15, 0.2) is 0 Å². The van der Waals surface area contributed by atoms with E-state index in [0.717, 1.165) is 27.5 Å². The molecule has 0 radical (unpaired) electrons. The first-order valence-corrected chi connectivity index (χ1v) is 6.65. The molecular weight excluding hydrogens is 246 g/mol. The van der Waals surface area contributed by atoms with Crippen LogP contribution in [0.15, 0.2) is 65.3 Å². The van der Waals surface area contributed by atoms with Crippen molar-refractivity contribution in [3.05, 3.63) is 66.5 Å². The molecule has 0 atom stereocenters. The van der Waals surface area contributed by atoms with Crippen molar-refractivity contribution in [1.29, 1.82) is 0 Å². The number of rotatable bonds is 1. The minimum absolute atomic E-state index is 0.884. The van der Waals surface area contributed by atoms with Gasteiger partial charge < -0.3 is 4.42 Å². The molecule has 4 rings (SSSR count). The first kappa shape index (κ1) is 11.2. The summed E-state index contributed by atoms with van der Waals surface area (Å²) in [6, 6.07) is 16.7. The lowest BCUT2D eigenvalue weighted by molar-refractivity contribution is 0.669. The van der Waals surface area contributed by atoms with Gasteiger partial charge in [-0.1, -0.05) is 48.0 Å². The molecule has 0 unspecified atom stereocenters. The molecule has 2 aromatic carbocycles. The highest BCUT2D eigenvalue weighted by Crippen LogP contribution is 2.35. The molecule has 0 spiro atoms. The minimum Gasteiger partial charge on any atom is -0.455 e. The van der Waals surface area contributed by atoms with E-state index in [9.17, 15) is 0 Å². The smallest absolute Gasteiger partial charge is 0.143 e. The first-order valence-electron chi connectivity index (χ1n) is 6.65. The summed E-state index contributed by atoms with van der Waals surface area (Å²) in [5.74, 6) is 0. The number of aromatic nitrogens is 1. The van der Waals surface area contributed by atoms with Crippen LogP contribution in [-0.2, 0) is 0 Å². The Morgan fingerprint density at radius 2 is 1.75 bits per heavy atom. The van der Waals surface area contributed by atoms with Gasteiger partial charge in [0, 0.05) is 28.7 Å². The van der Waals surface area contributed by atoms with Crippen molar-refractivity contribution in [2.75, 3.05) is 0 Å². The van der Waals surface area contributed by atoms with Crippen molar-refractivity contribution in [3.8, 4) is 11.1 Å². The van der Waals surface area contributed by atoms with Crippen LogP contribution in [-0.4, -0.2) is 4.98 Å². The number of nitrogens with zero attached hydrogens (tertiary/aromatic N) is 1. The summed E-state index contributed by atoms with van der Waals surface area (Å²) in [6.45, 7) is 2.09. The molecule has 2 heterocycles. The van der Waals surface area contributed by atoms with E-state index in [-0.39, 0.29) is 0 Å². The minimum atomic E-state index is 0.884. The summed E-state index contributed by atoms with van der Waals surface area (Å²) < 4.78 is 6.03. The maximum Gasteiger partial charge on any atom is 0.143 e. The maximum absolute atomic E-state index is 6.03. The molecule has 0 saturated carbocycles. The Morgan fingerprint density at radius 1 is 0.900 bits per heavy atom. The van der Waals surface area contributed by atoms with Gasteiger partial charge >= 0.3 is 0 Å². The zero-order valence-electron chi connectivity index (χ0n) is 11.1. The van der Waals surface area contributed by atoms with Gasteiger partial charge in [0.1, 0.15) is 11.2 Å². The van der Waals surface area contributed by atoms with Crippen molar-refractivity contribution in [3.63, 3.8) is 0 Å². The second kappa shape index (κ2) is 4.20. The second-order valence-electron chi connectivity index (χ2n) is 5.02. The molecule has 0 N–H and O–H groups in total. The number of para-hydroxylation sites is 1. The largest absolute Gasteiger partial charge is 0.455 e. The van der Waals surface area contributed by atoms with E-state index in [1.165, 1.54) is 11.1 Å². The molecule has 2 aromatic heterocycles. The molecule has 0 bridgehead atoms. The van der Waals surface area contributed by atoms with Crippen molar-refractivity contribution in [1.82, 2.24) is 4.98 Å². The zero-order chi connectivity index (χ0) is 13.5. The molecule has 0 amide bonds. The van der Waals surface area contributed by atoms with Crippen LogP contribution in [0, 0.1) is 6.92 Å². The zero-order valence-corrected chi connectivity index (χ0v) is 11.1. The summed E-state index contributed by atoms with van der Waals surface area (Å²) >= 11 is 0. The van der Waals surface area contributed by atoms with E-state index < -0.39 is 0 Å². The van der Waals surface area contributed by atoms with Crippen molar-refractivity contribution in [2.45, 2.75) is 6.92 Å². The standard InChI is InChI=1S/C18H13NO/c1-12-5-7-13(8-6-12)14-3-2-4-15-16-11-19-10-9-17(16)20-18(14)15/h2-11H,1H3. The number of hydrogen-bond acceptors (Lipinski definition) is 2. The van der Waals surface area contributed by atoms with Gasteiger partial charge in [0.05, 0.1) is 0 Å². The first-order chi connectivity index (χ1) is 9.83. The molecule has 0 aliphatic carbocycles. The van der Waals surface area contributed by atoms with E-state index in [0.29, 0.717) is 0 Å². The van der Waals surface area contributed by atoms with Gasteiger partial charge in [-0.15, -0.1) is 0 Å². The monoisotopic (exact) mass is 259 g/mol. The third-order valence-corrected chi connectivity index (χ3v) is 3.66. The molecule has 4 aromatic rings. The Labute approximate surface area is 116 Å². The fraction of sp³-hybridized carbons (Fsp3) is 0.0556. The Balaban J connectivity index is 2.07. The van der Waals surface area contributed by atoms with Crippen LogP contribution in [0.3, 0.4) is 0 Å². The fourth-order valence-electron chi connectivity index (χ4n) is 2.60. The third-order valence-electron chi connectivity index (χ3n) is 3.66. The van der Waals surface area contributed by atoms with E-state index >= 15 is 0 Å². The highest BCUT2D eigenvalue weighted by Gasteiger charge is 2.11. The van der Waals surface area contributed by atoms with Crippen LogP contribution >= 0.6 is 0 Å². The second-order valence-corrected chi connectivity index (χ2v) is 5.02. The molecule has 0 saturated heterocycles. The van der Waals surface area contributed by atoms with Crippen molar-refractivity contribution < 1.29 is 4.42 Å². The van der Waals surface area contributed by atoms with Crippen LogP contribution in [0.5, 0.6) is 0 Å². The third kappa shape index (κ3) is 1.62. The average molecular weight is 259 g/mol. The molecule has 96 valence electrons. The number of benzene rings is 2. The van der Waals surface area contributed by atoms with E-state index in [2.05, 4.69) is 54.4 Å². The summed E-state index contributed by atoms with van der Waals surface area (Å²) in [6.07, 6.45) is 3.62. The SMILES string of the molecule is Cc1ccc(-c2cccc3c2oc2ccncc23)cc1. The number of pyridine rings is 1. The number of fused-ring (bicyclic) bond motifs is 3. The Bertz CT molecular complexity index is 904. The molecule has 2 nitrogen and oxygen atoms in total. The predicted molar refractivity (Wildman–Crippen MR) is 81.7 cm³/mol. The van der Waals surface area contributed by atoms with E-state index in [1.54, 1.807) is 6.20 Å². The van der Waals surface area contributed by atoms with Gasteiger partial charge in [-0.3, -0.25) is 4.98 Å².